The van der Waals surface area contributed by atoms with Gasteiger partial charge < -0.3 is 25.2 Å². The van der Waals surface area contributed by atoms with Crippen LogP contribution in [0, 0.1) is 11.6 Å². The maximum absolute atomic E-state index is 13.6. The first-order chi connectivity index (χ1) is 15.6. The van der Waals surface area contributed by atoms with Gasteiger partial charge in [-0.25, -0.2) is 8.78 Å². The lowest BCUT2D eigenvalue weighted by Gasteiger charge is -2.70. The Morgan fingerprint density at radius 1 is 0.970 bits per heavy atom. The van der Waals surface area contributed by atoms with Crippen molar-refractivity contribution in [1.29, 1.82) is 0 Å². The molecule has 0 spiro atoms. The van der Waals surface area contributed by atoms with E-state index < -0.39 is 41.3 Å². The zero-order valence-corrected chi connectivity index (χ0v) is 18.7. The van der Waals surface area contributed by atoms with Crippen molar-refractivity contribution in [3.05, 3.63) is 58.1 Å². The standard InChI is InChI=1S/C22H20Cl2F2N2O5/c23-14-3-1-12(5-16(14)25)32-8-19(30)27-21-9-22(10-21,11-21)28-20(31)18(7-29)33-13-2-4-15(24)17(26)6-13/h1-6,18,29H,7-11H2,(H,27,30)(H,28,31). The lowest BCUT2D eigenvalue weighted by atomic mass is 9.44. The summed E-state index contributed by atoms with van der Waals surface area (Å²) in [6.45, 7) is -0.892. The van der Waals surface area contributed by atoms with E-state index in [1.165, 1.54) is 24.3 Å². The van der Waals surface area contributed by atoms with Crippen LogP contribution in [0.15, 0.2) is 36.4 Å². The molecule has 11 heteroatoms. The lowest BCUT2D eigenvalue weighted by molar-refractivity contribution is -0.154. The zero-order chi connectivity index (χ0) is 23.8. The molecule has 1 atom stereocenters. The predicted molar refractivity (Wildman–Crippen MR) is 115 cm³/mol. The van der Waals surface area contributed by atoms with Crippen molar-refractivity contribution in [3.63, 3.8) is 0 Å². The Morgan fingerprint density at radius 3 is 2.09 bits per heavy atom. The van der Waals surface area contributed by atoms with Gasteiger partial charge in [-0.15, -0.1) is 0 Å². The number of aliphatic hydroxyl groups is 1. The highest BCUT2D eigenvalue weighted by Crippen LogP contribution is 2.60. The summed E-state index contributed by atoms with van der Waals surface area (Å²) in [4.78, 5) is 24.7. The van der Waals surface area contributed by atoms with Crippen molar-refractivity contribution in [2.45, 2.75) is 36.4 Å². The van der Waals surface area contributed by atoms with Crippen molar-refractivity contribution in [2.24, 2.45) is 0 Å². The highest BCUT2D eigenvalue weighted by molar-refractivity contribution is 6.31. The Kier molecular flexibility index (Phi) is 6.39. The molecule has 7 nitrogen and oxygen atoms in total. The fourth-order valence-electron chi connectivity index (χ4n) is 4.33. The molecule has 2 aromatic carbocycles. The van der Waals surface area contributed by atoms with E-state index in [0.29, 0.717) is 19.3 Å². The largest absolute Gasteiger partial charge is 0.484 e. The van der Waals surface area contributed by atoms with Gasteiger partial charge in [0.25, 0.3) is 11.8 Å². The number of carbonyl (C=O) groups is 2. The summed E-state index contributed by atoms with van der Waals surface area (Å²) in [5.74, 6) is -2.00. The molecule has 3 fully saturated rings. The summed E-state index contributed by atoms with van der Waals surface area (Å²) >= 11 is 11.2. The van der Waals surface area contributed by atoms with E-state index in [-0.39, 0.29) is 34.1 Å². The summed E-state index contributed by atoms with van der Waals surface area (Å²) in [5, 5.41) is 15.1. The SMILES string of the molecule is O=C(COc1ccc(Cl)c(F)c1)NC12CC(NC(=O)C(CO)Oc3ccc(Cl)c(F)c3)(C1)C2. The van der Waals surface area contributed by atoms with E-state index in [1.807, 2.05) is 0 Å². The van der Waals surface area contributed by atoms with Gasteiger partial charge in [-0.3, -0.25) is 9.59 Å². The van der Waals surface area contributed by atoms with Crippen molar-refractivity contribution in [3.8, 4) is 11.5 Å². The van der Waals surface area contributed by atoms with Crippen LogP contribution in [-0.4, -0.2) is 47.3 Å². The molecule has 2 bridgehead atoms. The highest BCUT2D eigenvalue weighted by atomic mass is 35.5. The third-order valence-corrected chi connectivity index (χ3v) is 6.32. The first kappa shape index (κ1) is 23.5. The van der Waals surface area contributed by atoms with Gasteiger partial charge in [0, 0.05) is 23.2 Å². The van der Waals surface area contributed by atoms with Crippen molar-refractivity contribution in [2.75, 3.05) is 13.2 Å². The predicted octanol–water partition coefficient (Wildman–Crippen LogP) is 3.00. The Hall–Kier alpha value is -2.62. The number of aliphatic hydroxyl groups excluding tert-OH is 1. The molecule has 176 valence electrons. The highest BCUT2D eigenvalue weighted by Gasteiger charge is 2.69. The second-order valence-corrected chi connectivity index (χ2v) is 9.17. The van der Waals surface area contributed by atoms with E-state index in [2.05, 4.69) is 10.6 Å². The third-order valence-electron chi connectivity index (χ3n) is 5.71. The lowest BCUT2D eigenvalue weighted by Crippen LogP contribution is -2.84. The molecule has 0 radical (unpaired) electrons. The Balaban J connectivity index is 1.23. The fourth-order valence-corrected chi connectivity index (χ4v) is 4.57. The number of carbonyl (C=O) groups excluding carboxylic acids is 2. The molecule has 3 aliphatic carbocycles. The molecule has 3 saturated carbocycles. The summed E-state index contributed by atoms with van der Waals surface area (Å²) in [5.41, 5.74) is -0.930. The molecule has 33 heavy (non-hydrogen) atoms. The average molecular weight is 501 g/mol. The molecule has 0 heterocycles. The molecule has 2 aromatic rings. The maximum Gasteiger partial charge on any atom is 0.263 e. The van der Waals surface area contributed by atoms with Gasteiger partial charge in [0.2, 0.25) is 0 Å². The van der Waals surface area contributed by atoms with Crippen LogP contribution in [0.2, 0.25) is 10.0 Å². The van der Waals surface area contributed by atoms with Crippen molar-refractivity contribution in [1.82, 2.24) is 10.6 Å². The molecule has 0 aromatic heterocycles. The monoisotopic (exact) mass is 500 g/mol. The van der Waals surface area contributed by atoms with Crippen molar-refractivity contribution < 1.29 is 33.0 Å². The minimum absolute atomic E-state index is 0.0396. The van der Waals surface area contributed by atoms with E-state index in [1.54, 1.807) is 0 Å². The second-order valence-electron chi connectivity index (χ2n) is 8.36. The summed E-state index contributed by atoms with van der Waals surface area (Å²) in [6.07, 6.45) is 0.320. The normalized spacial score (nSPS) is 23.5. The average Bonchev–Trinajstić information content (AvgIpc) is 2.72. The molecular weight excluding hydrogens is 481 g/mol. The van der Waals surface area contributed by atoms with Crippen LogP contribution in [0.1, 0.15) is 19.3 Å². The minimum atomic E-state index is -1.22. The van der Waals surface area contributed by atoms with Crippen LogP contribution in [0.25, 0.3) is 0 Å². The van der Waals surface area contributed by atoms with E-state index in [4.69, 9.17) is 32.7 Å². The van der Waals surface area contributed by atoms with Gasteiger partial charge in [-0.05, 0) is 43.5 Å². The number of hydrogen-bond donors (Lipinski definition) is 3. The second kappa shape index (κ2) is 8.96. The first-order valence-electron chi connectivity index (χ1n) is 10.1. The quantitative estimate of drug-likeness (QED) is 0.491. The number of halogens is 4. The number of hydrogen-bond acceptors (Lipinski definition) is 5. The van der Waals surface area contributed by atoms with Gasteiger partial charge >= 0.3 is 0 Å². The summed E-state index contributed by atoms with van der Waals surface area (Å²) in [7, 11) is 0. The summed E-state index contributed by atoms with van der Waals surface area (Å²) < 4.78 is 37.7. The van der Waals surface area contributed by atoms with Gasteiger partial charge in [0.05, 0.1) is 16.7 Å². The van der Waals surface area contributed by atoms with Gasteiger partial charge in [0.1, 0.15) is 23.1 Å². The number of rotatable bonds is 9. The van der Waals surface area contributed by atoms with E-state index >= 15 is 0 Å². The molecular formula is C22H20Cl2F2N2O5. The van der Waals surface area contributed by atoms with E-state index in [0.717, 1.165) is 12.1 Å². The zero-order valence-electron chi connectivity index (χ0n) is 17.2. The molecule has 3 aliphatic rings. The van der Waals surface area contributed by atoms with Crippen molar-refractivity contribution >= 4 is 35.0 Å². The number of nitrogens with one attached hydrogen (secondary N) is 2. The van der Waals surface area contributed by atoms with Gasteiger partial charge in [0.15, 0.2) is 12.7 Å². The van der Waals surface area contributed by atoms with Crippen LogP contribution in [-0.2, 0) is 9.59 Å². The number of benzene rings is 2. The smallest absolute Gasteiger partial charge is 0.263 e. The van der Waals surface area contributed by atoms with Gasteiger partial charge in [-0.2, -0.15) is 0 Å². The topological polar surface area (TPSA) is 96.9 Å². The molecule has 3 N–H and O–H groups in total. The van der Waals surface area contributed by atoms with Crippen LogP contribution >= 0.6 is 23.2 Å². The van der Waals surface area contributed by atoms with Crippen LogP contribution in [0.5, 0.6) is 11.5 Å². The van der Waals surface area contributed by atoms with Crippen LogP contribution in [0.4, 0.5) is 8.78 Å². The van der Waals surface area contributed by atoms with E-state index in [9.17, 15) is 23.5 Å². The third kappa shape index (κ3) is 5.00. The fraction of sp³-hybridized carbons (Fsp3) is 0.364. The van der Waals surface area contributed by atoms with Crippen LogP contribution < -0.4 is 20.1 Å². The molecule has 0 aliphatic heterocycles. The molecule has 0 saturated heterocycles. The molecule has 5 rings (SSSR count). The first-order valence-corrected chi connectivity index (χ1v) is 10.8. The molecule has 1 unspecified atom stereocenters. The number of ether oxygens (including phenoxy) is 2. The Bertz CT molecular complexity index is 1080. The Morgan fingerprint density at radius 2 is 1.52 bits per heavy atom. The van der Waals surface area contributed by atoms with Crippen LogP contribution in [0.3, 0.4) is 0 Å². The van der Waals surface area contributed by atoms with Gasteiger partial charge in [-0.1, -0.05) is 23.2 Å². The maximum atomic E-state index is 13.6. The minimum Gasteiger partial charge on any atom is -0.484 e. The summed E-state index contributed by atoms with van der Waals surface area (Å²) in [6, 6.07) is 7.61. The Labute approximate surface area is 198 Å². The molecule has 2 amide bonds. The number of amides is 2.